The van der Waals surface area contributed by atoms with Crippen molar-refractivity contribution >= 4 is 5.91 Å². The minimum Gasteiger partial charge on any atom is -0.497 e. The van der Waals surface area contributed by atoms with E-state index in [0.717, 1.165) is 11.3 Å². The topological polar surface area (TPSA) is 86.9 Å². The van der Waals surface area contributed by atoms with Crippen molar-refractivity contribution < 1.29 is 23.5 Å². The number of ether oxygens (including phenoxy) is 3. The summed E-state index contributed by atoms with van der Waals surface area (Å²) in [6, 6.07) is 12.4. The molecule has 2 aromatic carbocycles. The van der Waals surface area contributed by atoms with Crippen LogP contribution in [0, 0.1) is 0 Å². The van der Waals surface area contributed by atoms with Crippen LogP contribution >= 0.6 is 0 Å². The van der Waals surface area contributed by atoms with E-state index >= 15 is 0 Å². The molecule has 0 aliphatic heterocycles. The summed E-state index contributed by atoms with van der Waals surface area (Å²) >= 11 is 0. The fraction of sp³-hybridized carbons (Fsp3) is 0.227. The van der Waals surface area contributed by atoms with Crippen LogP contribution in [0.4, 0.5) is 0 Å². The van der Waals surface area contributed by atoms with Crippen LogP contribution < -0.4 is 14.2 Å². The molecule has 0 aliphatic rings. The van der Waals surface area contributed by atoms with Gasteiger partial charge in [0.05, 0.1) is 26.9 Å². The van der Waals surface area contributed by atoms with Crippen LogP contribution in [0.3, 0.4) is 0 Å². The van der Waals surface area contributed by atoms with Crippen LogP contribution in [0.25, 0.3) is 11.4 Å². The van der Waals surface area contributed by atoms with Gasteiger partial charge in [-0.05, 0) is 36.4 Å². The van der Waals surface area contributed by atoms with Crippen LogP contribution in [0.2, 0.25) is 0 Å². The molecule has 0 bridgehead atoms. The van der Waals surface area contributed by atoms with Gasteiger partial charge in [-0.3, -0.25) is 4.79 Å². The summed E-state index contributed by atoms with van der Waals surface area (Å²) in [5.41, 5.74) is 1.15. The number of aromatic nitrogens is 2. The highest BCUT2D eigenvalue weighted by Gasteiger charge is 2.23. The predicted molar refractivity (Wildman–Crippen MR) is 111 cm³/mol. The molecule has 1 heterocycles. The standard InChI is InChI=1S/C22H23N3O5/c1-5-13-25(22(26)17-7-6-8-18(28-3)20(17)29-4)14-19-23-21(24-30-19)15-9-11-16(27-2)12-10-15/h5-12H,1,13-14H2,2-4H3. The first-order valence-electron chi connectivity index (χ1n) is 9.19. The molecule has 1 aromatic heterocycles. The molecule has 8 nitrogen and oxygen atoms in total. The third-order valence-electron chi connectivity index (χ3n) is 4.41. The normalized spacial score (nSPS) is 10.4. The Kier molecular flexibility index (Phi) is 6.69. The zero-order valence-electron chi connectivity index (χ0n) is 17.1. The molecule has 30 heavy (non-hydrogen) atoms. The number of methoxy groups -OCH3 is 3. The zero-order valence-corrected chi connectivity index (χ0v) is 17.1. The smallest absolute Gasteiger partial charge is 0.258 e. The molecular formula is C22H23N3O5. The molecule has 0 saturated heterocycles. The van der Waals surface area contributed by atoms with Gasteiger partial charge in [0, 0.05) is 12.1 Å². The van der Waals surface area contributed by atoms with E-state index in [1.54, 1.807) is 31.4 Å². The first-order chi connectivity index (χ1) is 14.6. The molecule has 0 radical (unpaired) electrons. The van der Waals surface area contributed by atoms with Crippen molar-refractivity contribution in [2.75, 3.05) is 27.9 Å². The zero-order chi connectivity index (χ0) is 21.5. The maximum Gasteiger partial charge on any atom is 0.258 e. The van der Waals surface area contributed by atoms with Crippen molar-refractivity contribution in [1.82, 2.24) is 15.0 Å². The number of para-hydroxylation sites is 1. The van der Waals surface area contributed by atoms with Gasteiger partial charge in [0.2, 0.25) is 11.7 Å². The Morgan fingerprint density at radius 3 is 2.50 bits per heavy atom. The van der Waals surface area contributed by atoms with Crippen LogP contribution in [-0.4, -0.2) is 48.8 Å². The summed E-state index contributed by atoms with van der Waals surface area (Å²) in [6.45, 7) is 4.15. The van der Waals surface area contributed by atoms with Crippen molar-refractivity contribution in [2.24, 2.45) is 0 Å². The average molecular weight is 409 g/mol. The van der Waals surface area contributed by atoms with Gasteiger partial charge in [-0.25, -0.2) is 0 Å². The van der Waals surface area contributed by atoms with E-state index in [1.165, 1.54) is 19.1 Å². The minimum absolute atomic E-state index is 0.119. The Labute approximate surface area is 174 Å². The number of carbonyl (C=O) groups excluding carboxylic acids is 1. The molecule has 0 atom stereocenters. The summed E-state index contributed by atoms with van der Waals surface area (Å²) in [6.07, 6.45) is 1.63. The number of hydrogen-bond donors (Lipinski definition) is 0. The Balaban J connectivity index is 1.83. The Hall–Kier alpha value is -3.81. The molecule has 1 amide bonds. The second-order valence-electron chi connectivity index (χ2n) is 6.26. The molecule has 0 unspecified atom stereocenters. The highest BCUT2D eigenvalue weighted by molar-refractivity contribution is 5.97. The van der Waals surface area contributed by atoms with Gasteiger partial charge < -0.3 is 23.6 Å². The Morgan fingerprint density at radius 2 is 1.87 bits per heavy atom. The fourth-order valence-corrected chi connectivity index (χ4v) is 2.94. The monoisotopic (exact) mass is 409 g/mol. The molecule has 0 aliphatic carbocycles. The van der Waals surface area contributed by atoms with Crippen molar-refractivity contribution in [2.45, 2.75) is 6.54 Å². The molecule has 3 rings (SSSR count). The fourth-order valence-electron chi connectivity index (χ4n) is 2.94. The second kappa shape index (κ2) is 9.60. The first kappa shape index (κ1) is 20.9. The highest BCUT2D eigenvalue weighted by atomic mass is 16.5. The minimum atomic E-state index is -0.269. The summed E-state index contributed by atoms with van der Waals surface area (Å²) in [5.74, 6) is 2.04. The molecule has 0 fully saturated rings. The van der Waals surface area contributed by atoms with Gasteiger partial charge in [-0.15, -0.1) is 6.58 Å². The third kappa shape index (κ3) is 4.43. The summed E-state index contributed by atoms with van der Waals surface area (Å²) in [7, 11) is 4.61. The van der Waals surface area contributed by atoms with E-state index in [9.17, 15) is 4.79 Å². The lowest BCUT2D eigenvalue weighted by Crippen LogP contribution is -2.31. The van der Waals surface area contributed by atoms with Crippen LogP contribution in [0.5, 0.6) is 17.2 Å². The molecule has 0 spiro atoms. The molecule has 3 aromatic rings. The second-order valence-corrected chi connectivity index (χ2v) is 6.26. The molecule has 0 N–H and O–H groups in total. The van der Waals surface area contributed by atoms with Gasteiger partial charge in [0.15, 0.2) is 11.5 Å². The summed E-state index contributed by atoms with van der Waals surface area (Å²) in [5, 5.41) is 4.01. The molecule has 0 saturated carbocycles. The lowest BCUT2D eigenvalue weighted by Gasteiger charge is -2.21. The third-order valence-corrected chi connectivity index (χ3v) is 4.41. The first-order valence-corrected chi connectivity index (χ1v) is 9.19. The number of carbonyl (C=O) groups is 1. The van der Waals surface area contributed by atoms with E-state index in [4.69, 9.17) is 18.7 Å². The van der Waals surface area contributed by atoms with Gasteiger partial charge in [-0.1, -0.05) is 17.3 Å². The average Bonchev–Trinajstić information content (AvgIpc) is 3.26. The predicted octanol–water partition coefficient (Wildman–Crippen LogP) is 3.59. The lowest BCUT2D eigenvalue weighted by atomic mass is 10.1. The van der Waals surface area contributed by atoms with Gasteiger partial charge in [0.25, 0.3) is 5.91 Å². The van der Waals surface area contributed by atoms with Gasteiger partial charge >= 0.3 is 0 Å². The number of hydrogen-bond acceptors (Lipinski definition) is 7. The van der Waals surface area contributed by atoms with Crippen LogP contribution in [0.1, 0.15) is 16.2 Å². The Morgan fingerprint density at radius 1 is 1.10 bits per heavy atom. The maximum atomic E-state index is 13.2. The SMILES string of the molecule is C=CCN(Cc1nc(-c2ccc(OC)cc2)no1)C(=O)c1cccc(OC)c1OC. The lowest BCUT2D eigenvalue weighted by molar-refractivity contribution is 0.0741. The van der Waals surface area contributed by atoms with Crippen molar-refractivity contribution in [3.05, 3.63) is 66.6 Å². The Bertz CT molecular complexity index is 1010. The number of benzene rings is 2. The van der Waals surface area contributed by atoms with Gasteiger partial charge in [-0.2, -0.15) is 4.98 Å². The van der Waals surface area contributed by atoms with Crippen molar-refractivity contribution in [3.63, 3.8) is 0 Å². The molecule has 8 heteroatoms. The number of nitrogens with zero attached hydrogens (tertiary/aromatic N) is 3. The van der Waals surface area contributed by atoms with Crippen LogP contribution in [-0.2, 0) is 6.54 Å². The maximum absolute atomic E-state index is 13.2. The van der Waals surface area contributed by atoms with E-state index in [2.05, 4.69) is 16.7 Å². The summed E-state index contributed by atoms with van der Waals surface area (Å²) < 4.78 is 21.2. The van der Waals surface area contributed by atoms with Crippen LogP contribution in [0.15, 0.2) is 59.6 Å². The van der Waals surface area contributed by atoms with E-state index in [0.29, 0.717) is 35.3 Å². The highest BCUT2D eigenvalue weighted by Crippen LogP contribution is 2.31. The van der Waals surface area contributed by atoms with E-state index in [-0.39, 0.29) is 12.5 Å². The molecular weight excluding hydrogens is 386 g/mol. The van der Waals surface area contributed by atoms with Gasteiger partial charge in [0.1, 0.15) is 12.3 Å². The van der Waals surface area contributed by atoms with Crippen molar-refractivity contribution in [1.29, 1.82) is 0 Å². The number of rotatable bonds is 9. The number of amides is 1. The van der Waals surface area contributed by atoms with Crippen molar-refractivity contribution in [3.8, 4) is 28.6 Å². The molecule has 156 valence electrons. The largest absolute Gasteiger partial charge is 0.497 e. The van der Waals surface area contributed by atoms with E-state index < -0.39 is 0 Å². The van der Waals surface area contributed by atoms with E-state index in [1.807, 2.05) is 24.3 Å². The quantitative estimate of drug-likeness (QED) is 0.499. The summed E-state index contributed by atoms with van der Waals surface area (Å²) in [4.78, 5) is 19.1.